The van der Waals surface area contributed by atoms with Gasteiger partial charge in [-0.3, -0.25) is 0 Å². The molecule has 0 rings (SSSR count). The third-order valence-corrected chi connectivity index (χ3v) is 2.52. The van der Waals surface area contributed by atoms with E-state index in [1.54, 1.807) is 13.8 Å². The van der Waals surface area contributed by atoms with Gasteiger partial charge < -0.3 is 4.74 Å². The van der Waals surface area contributed by atoms with Crippen LogP contribution in [-0.2, 0) is 4.74 Å². The quantitative estimate of drug-likeness (QED) is 0.586. The minimum atomic E-state index is -1.57. The zero-order valence-corrected chi connectivity index (χ0v) is 8.03. The largest absolute Gasteiger partial charge is 0.343 e. The van der Waals surface area contributed by atoms with E-state index in [-0.39, 0.29) is 5.66 Å². The molecule has 0 bridgehead atoms. The number of alkyl halides is 1. The third kappa shape index (κ3) is 3.45. The second-order valence-corrected chi connectivity index (χ2v) is 3.71. The van der Waals surface area contributed by atoms with Gasteiger partial charge in [-0.05, 0) is 6.92 Å². The van der Waals surface area contributed by atoms with E-state index in [1.165, 1.54) is 0 Å². The summed E-state index contributed by atoms with van der Waals surface area (Å²) in [4.78, 5) is 0. The van der Waals surface area contributed by atoms with E-state index < -0.39 is 5.60 Å². The predicted octanol–water partition coefficient (Wildman–Crippen LogP) is 1.78. The van der Waals surface area contributed by atoms with Gasteiger partial charge in [0.05, 0.1) is 0 Å². The molecule has 0 saturated carbocycles. The first-order valence-electron chi connectivity index (χ1n) is 2.88. The van der Waals surface area contributed by atoms with Gasteiger partial charge in [-0.1, -0.05) is 16.2 Å². The number of ether oxygens (including phenoxy) is 1. The summed E-state index contributed by atoms with van der Waals surface area (Å²) in [6, 6.07) is 0. The first-order chi connectivity index (χ1) is 4.00. The van der Waals surface area contributed by atoms with Crippen molar-refractivity contribution in [1.82, 2.24) is 0 Å². The van der Waals surface area contributed by atoms with Crippen molar-refractivity contribution in [3.05, 3.63) is 0 Å². The van der Waals surface area contributed by atoms with Crippen LogP contribution in [0.5, 0.6) is 0 Å². The van der Waals surface area contributed by atoms with E-state index in [0.29, 0.717) is 6.61 Å². The Bertz CT molecular complexity index is 85.0. The smallest absolute Gasteiger partial charge is 0.227 e. The molecule has 0 aromatic heterocycles. The van der Waals surface area contributed by atoms with E-state index in [2.05, 4.69) is 9.24 Å². The highest BCUT2D eigenvalue weighted by Gasteiger charge is 2.27. The van der Waals surface area contributed by atoms with Crippen LogP contribution in [0.15, 0.2) is 0 Å². The van der Waals surface area contributed by atoms with Gasteiger partial charge in [-0.2, -0.15) is 0 Å². The van der Waals surface area contributed by atoms with Crippen LogP contribution in [0.1, 0.15) is 13.8 Å². The lowest BCUT2D eigenvalue weighted by Crippen LogP contribution is -2.27. The zero-order chi connectivity index (χ0) is 7.49. The molecule has 4 heteroatoms. The Morgan fingerprint density at radius 3 is 2.33 bits per heavy atom. The summed E-state index contributed by atoms with van der Waals surface area (Å²) in [6.07, 6.45) is 0. The first-order valence-corrected chi connectivity index (χ1v) is 4.12. The van der Waals surface area contributed by atoms with Gasteiger partial charge in [-0.25, -0.2) is 4.39 Å². The molecular weight excluding hydrogens is 157 g/mol. The molecule has 0 heterocycles. The lowest BCUT2D eigenvalue weighted by atomic mass is 10.5. The molecule has 0 spiro atoms. The summed E-state index contributed by atoms with van der Waals surface area (Å²) in [7, 11) is 4.40. The van der Waals surface area contributed by atoms with Crippen LogP contribution >= 0.6 is 18.5 Å². The Hall–Kier alpha value is 0.750. The highest BCUT2D eigenvalue weighted by Crippen LogP contribution is 2.30. The maximum Gasteiger partial charge on any atom is 0.227 e. The number of hydrogen-bond acceptors (Lipinski definition) is 1. The van der Waals surface area contributed by atoms with Crippen molar-refractivity contribution in [2.75, 3.05) is 6.61 Å². The first kappa shape index (κ1) is 9.75. The van der Waals surface area contributed by atoms with Crippen molar-refractivity contribution in [3.63, 3.8) is 0 Å². The molecule has 4 atom stereocenters. The Morgan fingerprint density at radius 2 is 2.22 bits per heavy atom. The van der Waals surface area contributed by atoms with Gasteiger partial charge in [0.25, 0.3) is 0 Å². The van der Waals surface area contributed by atoms with Crippen LogP contribution in [0.25, 0.3) is 0 Å². The molecule has 0 amide bonds. The van der Waals surface area contributed by atoms with E-state index >= 15 is 0 Å². The van der Waals surface area contributed by atoms with E-state index in [4.69, 9.17) is 4.74 Å². The van der Waals surface area contributed by atoms with Crippen LogP contribution in [0, 0.1) is 0 Å². The second kappa shape index (κ2) is 3.81. The maximum atomic E-state index is 12.9. The second-order valence-electron chi connectivity index (χ2n) is 1.92. The van der Waals surface area contributed by atoms with Crippen LogP contribution in [0.2, 0.25) is 0 Å². The zero-order valence-electron chi connectivity index (χ0n) is 5.73. The van der Waals surface area contributed by atoms with Crippen molar-refractivity contribution >= 4 is 18.5 Å². The standard InChI is InChI=1S/C5H13FOP2/c1-3-7-5(6,9)4(2)8/h4H,3,8-9H2,1-2H3. The molecule has 0 aliphatic rings. The summed E-state index contributed by atoms with van der Waals surface area (Å²) in [5, 5.41) is 0. The van der Waals surface area contributed by atoms with Crippen LogP contribution < -0.4 is 0 Å². The molecule has 0 aromatic rings. The van der Waals surface area contributed by atoms with Crippen molar-refractivity contribution in [2.24, 2.45) is 0 Å². The molecule has 56 valence electrons. The Balaban J connectivity index is 3.70. The summed E-state index contributed by atoms with van der Waals surface area (Å²) >= 11 is 0. The number of halogens is 1. The minimum Gasteiger partial charge on any atom is -0.343 e. The molecule has 9 heavy (non-hydrogen) atoms. The van der Waals surface area contributed by atoms with Crippen molar-refractivity contribution < 1.29 is 9.13 Å². The van der Waals surface area contributed by atoms with Gasteiger partial charge in [0.2, 0.25) is 5.60 Å². The SMILES string of the molecule is CCOC(F)(P)C(C)P. The van der Waals surface area contributed by atoms with Crippen molar-refractivity contribution in [3.8, 4) is 0 Å². The van der Waals surface area contributed by atoms with E-state index in [9.17, 15) is 4.39 Å². The van der Waals surface area contributed by atoms with E-state index in [0.717, 1.165) is 0 Å². The Labute approximate surface area is 60.1 Å². The highest BCUT2D eigenvalue weighted by molar-refractivity contribution is 7.23. The molecule has 4 unspecified atom stereocenters. The fraction of sp³-hybridized carbons (Fsp3) is 1.00. The van der Waals surface area contributed by atoms with Crippen molar-refractivity contribution in [2.45, 2.75) is 25.1 Å². The lowest BCUT2D eigenvalue weighted by molar-refractivity contribution is -0.0629. The average Bonchev–Trinajstić information content (AvgIpc) is 1.65. The summed E-state index contributed by atoms with van der Waals surface area (Å²) in [5.41, 5.74) is -1.76. The van der Waals surface area contributed by atoms with Gasteiger partial charge in [0.15, 0.2) is 0 Å². The predicted molar refractivity (Wildman–Crippen MR) is 44.3 cm³/mol. The Kier molecular flexibility index (Phi) is 4.12. The molecule has 1 nitrogen and oxygen atoms in total. The molecule has 0 saturated heterocycles. The highest BCUT2D eigenvalue weighted by atomic mass is 31.0. The molecule has 0 aliphatic carbocycles. The van der Waals surface area contributed by atoms with E-state index in [1.807, 2.05) is 9.24 Å². The minimum absolute atomic E-state index is 0.192. The lowest BCUT2D eigenvalue weighted by Gasteiger charge is -2.23. The molecule has 0 fully saturated rings. The molecular formula is C5H13FOP2. The summed E-state index contributed by atoms with van der Waals surface area (Å²) < 4.78 is 17.7. The molecule has 0 radical (unpaired) electrons. The topological polar surface area (TPSA) is 9.23 Å². The summed E-state index contributed by atoms with van der Waals surface area (Å²) in [6.45, 7) is 3.91. The Morgan fingerprint density at radius 1 is 1.78 bits per heavy atom. The van der Waals surface area contributed by atoms with Gasteiger partial charge in [-0.15, -0.1) is 9.24 Å². The number of rotatable bonds is 3. The summed E-state index contributed by atoms with van der Waals surface area (Å²) in [5.74, 6) is 0. The van der Waals surface area contributed by atoms with Crippen LogP contribution in [0.3, 0.4) is 0 Å². The average molecular weight is 170 g/mol. The van der Waals surface area contributed by atoms with Crippen LogP contribution in [-0.4, -0.2) is 17.9 Å². The van der Waals surface area contributed by atoms with Crippen molar-refractivity contribution in [1.29, 1.82) is 0 Å². The normalized spacial score (nSPS) is 21.0. The van der Waals surface area contributed by atoms with Gasteiger partial charge >= 0.3 is 0 Å². The van der Waals surface area contributed by atoms with Gasteiger partial charge in [0, 0.05) is 12.3 Å². The third-order valence-electron chi connectivity index (χ3n) is 0.986. The number of hydrogen-bond donors (Lipinski definition) is 0. The van der Waals surface area contributed by atoms with Crippen LogP contribution in [0.4, 0.5) is 4.39 Å². The fourth-order valence-electron chi connectivity index (χ4n) is 0.353. The fourth-order valence-corrected chi connectivity index (χ4v) is 0.616. The molecule has 0 aromatic carbocycles. The van der Waals surface area contributed by atoms with Gasteiger partial charge in [0.1, 0.15) is 0 Å². The molecule has 0 aliphatic heterocycles. The maximum absolute atomic E-state index is 12.9. The molecule has 0 N–H and O–H groups in total. The monoisotopic (exact) mass is 170 g/mol.